The predicted octanol–water partition coefficient (Wildman–Crippen LogP) is 4.78. The molecule has 1 N–H and O–H groups in total. The van der Waals surface area contributed by atoms with Crippen molar-refractivity contribution in [2.75, 3.05) is 18.8 Å². The number of aryl methyl sites for hydroxylation is 1. The molecule has 1 fully saturated rings. The van der Waals surface area contributed by atoms with Gasteiger partial charge in [-0.15, -0.1) is 0 Å². The number of benzene rings is 1. The second kappa shape index (κ2) is 10.8. The van der Waals surface area contributed by atoms with Gasteiger partial charge in [0.05, 0.1) is 11.3 Å². The van der Waals surface area contributed by atoms with Crippen LogP contribution in [0.15, 0.2) is 53.8 Å². The van der Waals surface area contributed by atoms with E-state index in [2.05, 4.69) is 19.7 Å². The molecule has 204 valence electrons. The standard InChI is InChI=1S/C25H27F4N5O3S/c1-15-22(38(35,36)33-23-9-10-30-14-31-23)13-19(26)24(32-15)37-21-8-7-17(12-20(21)34(2)3)16-5-4-6-18(11-16)25(27,28)29/h4-6,9-11,13-14,17,20-21H,7-8,12H2,1-3H3,(H,30,31,33)/t17-,20-,21-/m0/s1. The molecule has 13 heteroatoms. The Morgan fingerprint density at radius 1 is 1.13 bits per heavy atom. The topological polar surface area (TPSA) is 97.3 Å². The minimum atomic E-state index is -4.43. The predicted molar refractivity (Wildman–Crippen MR) is 132 cm³/mol. The van der Waals surface area contributed by atoms with Gasteiger partial charge >= 0.3 is 6.18 Å². The maximum Gasteiger partial charge on any atom is 0.416 e. The van der Waals surface area contributed by atoms with Crippen LogP contribution >= 0.6 is 0 Å². The molecule has 3 aromatic rings. The molecule has 3 atom stereocenters. The lowest BCUT2D eigenvalue weighted by Gasteiger charge is -2.39. The smallest absolute Gasteiger partial charge is 0.416 e. The molecule has 4 rings (SSSR count). The number of halogens is 4. The lowest BCUT2D eigenvalue weighted by atomic mass is 9.79. The molecule has 1 aliphatic rings. The number of nitrogens with one attached hydrogen (secondary N) is 1. The number of nitrogens with zero attached hydrogens (tertiary/aromatic N) is 4. The molecule has 0 unspecified atom stereocenters. The van der Waals surface area contributed by atoms with Gasteiger partial charge in [-0.1, -0.05) is 18.2 Å². The van der Waals surface area contributed by atoms with E-state index in [1.807, 2.05) is 19.0 Å². The highest BCUT2D eigenvalue weighted by atomic mass is 32.2. The molecule has 38 heavy (non-hydrogen) atoms. The van der Waals surface area contributed by atoms with Crippen LogP contribution in [0.3, 0.4) is 0 Å². The fraction of sp³-hybridized carbons (Fsp3) is 0.400. The Labute approximate surface area is 218 Å². The second-order valence-corrected chi connectivity index (χ2v) is 11.0. The molecule has 0 amide bonds. The third-order valence-corrected chi connectivity index (χ3v) is 8.04. The van der Waals surface area contributed by atoms with Gasteiger partial charge in [-0.2, -0.15) is 13.2 Å². The van der Waals surface area contributed by atoms with Crippen LogP contribution < -0.4 is 9.46 Å². The van der Waals surface area contributed by atoms with Crippen LogP contribution in [0.5, 0.6) is 5.88 Å². The summed E-state index contributed by atoms with van der Waals surface area (Å²) >= 11 is 0. The van der Waals surface area contributed by atoms with Gasteiger partial charge in [-0.3, -0.25) is 4.72 Å². The highest BCUT2D eigenvalue weighted by Gasteiger charge is 2.37. The zero-order valence-electron chi connectivity index (χ0n) is 20.9. The van der Waals surface area contributed by atoms with Crippen LogP contribution in [-0.4, -0.2) is 54.5 Å². The van der Waals surface area contributed by atoms with E-state index in [0.29, 0.717) is 24.8 Å². The minimum Gasteiger partial charge on any atom is -0.471 e. The first kappa shape index (κ1) is 27.7. The molecule has 0 radical (unpaired) electrons. The molecule has 1 aliphatic carbocycles. The zero-order valence-corrected chi connectivity index (χ0v) is 21.7. The molecule has 2 heterocycles. The van der Waals surface area contributed by atoms with Crippen molar-refractivity contribution in [2.24, 2.45) is 0 Å². The summed E-state index contributed by atoms with van der Waals surface area (Å²) in [6, 6.07) is 7.28. The van der Waals surface area contributed by atoms with Gasteiger partial charge in [0.2, 0.25) is 0 Å². The molecule has 0 aliphatic heterocycles. The first-order valence-electron chi connectivity index (χ1n) is 11.8. The first-order chi connectivity index (χ1) is 17.8. The van der Waals surface area contributed by atoms with Crippen molar-refractivity contribution in [1.29, 1.82) is 0 Å². The minimum absolute atomic E-state index is 0.0199. The highest BCUT2D eigenvalue weighted by Crippen LogP contribution is 2.39. The Morgan fingerprint density at radius 3 is 2.55 bits per heavy atom. The number of likely N-dealkylation sites (N-methyl/N-ethyl adjacent to an activating group) is 1. The normalized spacial score (nSPS) is 20.4. The summed E-state index contributed by atoms with van der Waals surface area (Å²) < 4.78 is 88.4. The van der Waals surface area contributed by atoms with Crippen LogP contribution in [0.2, 0.25) is 0 Å². The van der Waals surface area contributed by atoms with Crippen LogP contribution in [0.4, 0.5) is 23.4 Å². The summed E-state index contributed by atoms with van der Waals surface area (Å²) in [4.78, 5) is 13.1. The van der Waals surface area contributed by atoms with E-state index in [4.69, 9.17) is 4.74 Å². The van der Waals surface area contributed by atoms with Crippen LogP contribution in [-0.2, 0) is 16.2 Å². The van der Waals surface area contributed by atoms with Crippen molar-refractivity contribution in [3.8, 4) is 5.88 Å². The number of sulfonamides is 1. The highest BCUT2D eigenvalue weighted by molar-refractivity contribution is 7.92. The molecule has 0 spiro atoms. The number of rotatable bonds is 7. The maximum atomic E-state index is 15.1. The summed E-state index contributed by atoms with van der Waals surface area (Å²) in [6.07, 6.45) is -0.933. The van der Waals surface area contributed by atoms with E-state index in [1.165, 1.54) is 37.6 Å². The lowest BCUT2D eigenvalue weighted by molar-refractivity contribution is -0.137. The van der Waals surface area contributed by atoms with Crippen LogP contribution in [0.25, 0.3) is 0 Å². The SMILES string of the molecule is Cc1nc(O[C@H]2CC[C@H](c3cccc(C(F)(F)F)c3)C[C@@H]2N(C)C)c(F)cc1S(=O)(=O)Nc1ccncn1. The quantitative estimate of drug-likeness (QED) is 0.421. The molecule has 0 saturated heterocycles. The molecule has 1 aromatic carbocycles. The van der Waals surface area contributed by atoms with Crippen molar-refractivity contribution in [2.45, 2.75) is 55.3 Å². The van der Waals surface area contributed by atoms with Gasteiger partial charge < -0.3 is 9.64 Å². The van der Waals surface area contributed by atoms with Crippen molar-refractivity contribution >= 4 is 15.8 Å². The third-order valence-electron chi connectivity index (χ3n) is 6.56. The second-order valence-electron chi connectivity index (χ2n) is 9.38. The van der Waals surface area contributed by atoms with E-state index in [9.17, 15) is 21.6 Å². The summed E-state index contributed by atoms with van der Waals surface area (Å²) in [5.41, 5.74) is -0.0706. The molecular formula is C25H27F4N5O3S. The van der Waals surface area contributed by atoms with Crippen molar-refractivity contribution < 1.29 is 30.7 Å². The number of aromatic nitrogens is 3. The molecular weight excluding hydrogens is 526 g/mol. The fourth-order valence-corrected chi connectivity index (χ4v) is 5.85. The Bertz CT molecular complexity index is 1390. The Balaban J connectivity index is 1.52. The number of alkyl halides is 3. The monoisotopic (exact) mass is 553 g/mol. The molecule has 8 nitrogen and oxygen atoms in total. The fourth-order valence-electron chi connectivity index (χ4n) is 4.66. The average molecular weight is 554 g/mol. The van der Waals surface area contributed by atoms with Gasteiger partial charge in [-0.05, 0) is 63.9 Å². The van der Waals surface area contributed by atoms with E-state index < -0.39 is 33.7 Å². The van der Waals surface area contributed by atoms with Crippen LogP contribution in [0.1, 0.15) is 42.0 Å². The number of anilines is 1. The number of hydrogen-bond acceptors (Lipinski definition) is 7. The lowest BCUT2D eigenvalue weighted by Crippen LogP contribution is -2.46. The van der Waals surface area contributed by atoms with Gasteiger partial charge in [-0.25, -0.2) is 27.8 Å². The summed E-state index contributed by atoms with van der Waals surface area (Å²) in [7, 11) is -0.542. The van der Waals surface area contributed by atoms with Gasteiger partial charge in [0.1, 0.15) is 23.1 Å². The molecule has 0 bridgehead atoms. The van der Waals surface area contributed by atoms with Gasteiger partial charge in [0.25, 0.3) is 15.9 Å². The zero-order chi connectivity index (χ0) is 27.7. The summed E-state index contributed by atoms with van der Waals surface area (Å²) in [5.74, 6) is -1.40. The van der Waals surface area contributed by atoms with E-state index in [1.54, 1.807) is 6.07 Å². The average Bonchev–Trinajstić information content (AvgIpc) is 2.86. The van der Waals surface area contributed by atoms with E-state index in [0.717, 1.165) is 12.1 Å². The van der Waals surface area contributed by atoms with Crippen LogP contribution in [0, 0.1) is 12.7 Å². The van der Waals surface area contributed by atoms with Crippen molar-refractivity contribution in [3.05, 3.63) is 71.6 Å². The molecule has 2 aromatic heterocycles. The van der Waals surface area contributed by atoms with Gasteiger partial charge in [0, 0.05) is 18.3 Å². The Hall–Kier alpha value is -3.32. The van der Waals surface area contributed by atoms with Gasteiger partial charge in [0.15, 0.2) is 5.82 Å². The first-order valence-corrected chi connectivity index (χ1v) is 13.3. The molecule has 1 saturated carbocycles. The van der Waals surface area contributed by atoms with Crippen molar-refractivity contribution in [3.63, 3.8) is 0 Å². The Kier molecular flexibility index (Phi) is 7.88. The van der Waals surface area contributed by atoms with E-state index >= 15 is 4.39 Å². The number of hydrogen-bond donors (Lipinski definition) is 1. The maximum absolute atomic E-state index is 15.1. The third kappa shape index (κ3) is 6.21. The number of pyridine rings is 1. The summed E-state index contributed by atoms with van der Waals surface area (Å²) in [5, 5.41) is 0. The van der Waals surface area contributed by atoms with E-state index in [-0.39, 0.29) is 34.2 Å². The summed E-state index contributed by atoms with van der Waals surface area (Å²) in [6.45, 7) is 1.43. The Morgan fingerprint density at radius 2 is 1.89 bits per heavy atom. The van der Waals surface area contributed by atoms with Crippen molar-refractivity contribution in [1.82, 2.24) is 19.9 Å². The number of ether oxygens (including phenoxy) is 1. The largest absolute Gasteiger partial charge is 0.471 e.